The summed E-state index contributed by atoms with van der Waals surface area (Å²) in [5.74, 6) is 0. The second-order valence-corrected chi connectivity index (χ2v) is 5.83. The van der Waals surface area contributed by atoms with Crippen molar-refractivity contribution >= 4 is 17.3 Å². The molecule has 0 atom stereocenters. The Morgan fingerprint density at radius 1 is 1.26 bits per heavy atom. The maximum atomic E-state index is 6.20. The zero-order valence-electron chi connectivity index (χ0n) is 11.9. The molecule has 1 aromatic rings. The average Bonchev–Trinajstić information content (AvgIpc) is 2.44. The van der Waals surface area contributed by atoms with Gasteiger partial charge in [0.15, 0.2) is 0 Å². The quantitative estimate of drug-likeness (QED) is 0.883. The van der Waals surface area contributed by atoms with Gasteiger partial charge in [0.2, 0.25) is 0 Å². The van der Waals surface area contributed by atoms with Crippen LogP contribution in [0.3, 0.4) is 0 Å². The van der Waals surface area contributed by atoms with Crippen LogP contribution < -0.4 is 10.6 Å². The highest BCUT2D eigenvalue weighted by atomic mass is 35.5. The fraction of sp³-hybridized carbons (Fsp3) is 0.625. The van der Waals surface area contributed by atoms with Crippen LogP contribution in [0.15, 0.2) is 18.2 Å². The molecule has 1 fully saturated rings. The SMILES string of the molecule is CCN(c1cc(Cl)ccc1CCN)C1CCCCC1. The van der Waals surface area contributed by atoms with Gasteiger partial charge in [0, 0.05) is 23.3 Å². The van der Waals surface area contributed by atoms with Gasteiger partial charge in [0.25, 0.3) is 0 Å². The molecule has 1 aliphatic rings. The third-order valence-electron chi connectivity index (χ3n) is 4.13. The monoisotopic (exact) mass is 280 g/mol. The van der Waals surface area contributed by atoms with Crippen LogP contribution in [-0.2, 0) is 6.42 Å². The first kappa shape index (κ1) is 14.7. The summed E-state index contributed by atoms with van der Waals surface area (Å²) in [5.41, 5.74) is 8.37. The second-order valence-electron chi connectivity index (χ2n) is 5.39. The number of benzene rings is 1. The number of halogens is 1. The third-order valence-corrected chi connectivity index (χ3v) is 4.36. The molecular formula is C16H25ClN2. The van der Waals surface area contributed by atoms with Crippen LogP contribution in [0.4, 0.5) is 5.69 Å². The van der Waals surface area contributed by atoms with Crippen LogP contribution in [0.2, 0.25) is 5.02 Å². The third kappa shape index (κ3) is 3.64. The van der Waals surface area contributed by atoms with Crippen molar-refractivity contribution in [2.45, 2.75) is 51.5 Å². The van der Waals surface area contributed by atoms with E-state index < -0.39 is 0 Å². The van der Waals surface area contributed by atoms with Gasteiger partial charge in [-0.15, -0.1) is 0 Å². The number of hydrogen-bond donors (Lipinski definition) is 1. The first-order valence-corrected chi connectivity index (χ1v) is 7.89. The number of nitrogens with zero attached hydrogens (tertiary/aromatic N) is 1. The first-order valence-electron chi connectivity index (χ1n) is 7.51. The van der Waals surface area contributed by atoms with Gasteiger partial charge in [0.1, 0.15) is 0 Å². The van der Waals surface area contributed by atoms with Crippen LogP contribution in [0.25, 0.3) is 0 Å². The Balaban J connectivity index is 2.27. The molecule has 106 valence electrons. The van der Waals surface area contributed by atoms with E-state index in [1.165, 1.54) is 43.4 Å². The van der Waals surface area contributed by atoms with E-state index in [1.54, 1.807) is 0 Å². The minimum Gasteiger partial charge on any atom is -0.369 e. The summed E-state index contributed by atoms with van der Waals surface area (Å²) in [6, 6.07) is 6.90. The van der Waals surface area contributed by atoms with Gasteiger partial charge in [-0.3, -0.25) is 0 Å². The Hall–Kier alpha value is -0.730. The Morgan fingerprint density at radius 2 is 2.00 bits per heavy atom. The fourth-order valence-electron chi connectivity index (χ4n) is 3.19. The number of hydrogen-bond acceptors (Lipinski definition) is 2. The van der Waals surface area contributed by atoms with E-state index in [1.807, 2.05) is 6.07 Å². The van der Waals surface area contributed by atoms with Crippen LogP contribution in [-0.4, -0.2) is 19.1 Å². The fourth-order valence-corrected chi connectivity index (χ4v) is 3.36. The van der Waals surface area contributed by atoms with Gasteiger partial charge in [-0.05, 0) is 50.4 Å². The summed E-state index contributed by atoms with van der Waals surface area (Å²) in [6.07, 6.45) is 7.64. The van der Waals surface area contributed by atoms with Crippen molar-refractivity contribution in [3.8, 4) is 0 Å². The smallest absolute Gasteiger partial charge is 0.0426 e. The largest absolute Gasteiger partial charge is 0.369 e. The number of nitrogens with two attached hydrogens (primary N) is 1. The molecule has 1 aromatic carbocycles. The summed E-state index contributed by atoms with van der Waals surface area (Å²) in [4.78, 5) is 2.54. The molecule has 1 aliphatic carbocycles. The van der Waals surface area contributed by atoms with E-state index in [4.69, 9.17) is 17.3 Å². The number of rotatable bonds is 5. The molecule has 0 aliphatic heterocycles. The highest BCUT2D eigenvalue weighted by molar-refractivity contribution is 6.30. The van der Waals surface area contributed by atoms with E-state index in [9.17, 15) is 0 Å². The average molecular weight is 281 g/mol. The molecular weight excluding hydrogens is 256 g/mol. The molecule has 3 heteroatoms. The van der Waals surface area contributed by atoms with E-state index in [-0.39, 0.29) is 0 Å². The lowest BCUT2D eigenvalue weighted by atomic mass is 9.93. The Morgan fingerprint density at radius 3 is 2.63 bits per heavy atom. The molecule has 0 aromatic heterocycles. The van der Waals surface area contributed by atoms with Crippen molar-refractivity contribution in [3.05, 3.63) is 28.8 Å². The first-order chi connectivity index (χ1) is 9.26. The number of anilines is 1. The predicted octanol–water partition coefficient (Wildman–Crippen LogP) is 4.00. The van der Waals surface area contributed by atoms with Crippen LogP contribution in [0, 0.1) is 0 Å². The molecule has 2 nitrogen and oxygen atoms in total. The summed E-state index contributed by atoms with van der Waals surface area (Å²) < 4.78 is 0. The van der Waals surface area contributed by atoms with Crippen molar-refractivity contribution in [3.63, 3.8) is 0 Å². The topological polar surface area (TPSA) is 29.3 Å². The lowest BCUT2D eigenvalue weighted by Crippen LogP contribution is -2.37. The van der Waals surface area contributed by atoms with Gasteiger partial charge in [-0.2, -0.15) is 0 Å². The lowest BCUT2D eigenvalue weighted by molar-refractivity contribution is 0.417. The molecule has 0 bridgehead atoms. The molecule has 19 heavy (non-hydrogen) atoms. The minimum atomic E-state index is 0.675. The van der Waals surface area contributed by atoms with Gasteiger partial charge in [-0.25, -0.2) is 0 Å². The zero-order valence-corrected chi connectivity index (χ0v) is 12.6. The van der Waals surface area contributed by atoms with E-state index in [0.29, 0.717) is 12.6 Å². The summed E-state index contributed by atoms with van der Waals surface area (Å²) >= 11 is 6.20. The molecule has 0 amide bonds. The summed E-state index contributed by atoms with van der Waals surface area (Å²) in [6.45, 7) is 3.97. The van der Waals surface area contributed by atoms with Gasteiger partial charge in [-0.1, -0.05) is 36.9 Å². The van der Waals surface area contributed by atoms with Crippen molar-refractivity contribution in [2.24, 2.45) is 5.73 Å². The molecule has 0 unspecified atom stereocenters. The zero-order chi connectivity index (χ0) is 13.7. The van der Waals surface area contributed by atoms with Crippen molar-refractivity contribution < 1.29 is 0 Å². The van der Waals surface area contributed by atoms with Crippen LogP contribution in [0.5, 0.6) is 0 Å². The summed E-state index contributed by atoms with van der Waals surface area (Å²) in [7, 11) is 0. The van der Waals surface area contributed by atoms with Gasteiger partial charge >= 0.3 is 0 Å². The molecule has 1 saturated carbocycles. The maximum Gasteiger partial charge on any atom is 0.0426 e. The Bertz CT molecular complexity index is 400. The maximum absolute atomic E-state index is 6.20. The van der Waals surface area contributed by atoms with Crippen LogP contribution >= 0.6 is 11.6 Å². The van der Waals surface area contributed by atoms with E-state index >= 15 is 0 Å². The normalized spacial score (nSPS) is 16.6. The molecule has 0 saturated heterocycles. The Labute approximate surface area is 121 Å². The molecule has 2 rings (SSSR count). The van der Waals surface area contributed by atoms with Gasteiger partial charge < -0.3 is 10.6 Å². The van der Waals surface area contributed by atoms with Crippen molar-refractivity contribution in [2.75, 3.05) is 18.0 Å². The molecule has 2 N–H and O–H groups in total. The van der Waals surface area contributed by atoms with Gasteiger partial charge in [0.05, 0.1) is 0 Å². The molecule has 0 heterocycles. The summed E-state index contributed by atoms with van der Waals surface area (Å²) in [5, 5.41) is 0.824. The van der Waals surface area contributed by atoms with E-state index in [2.05, 4.69) is 24.0 Å². The van der Waals surface area contributed by atoms with Crippen molar-refractivity contribution in [1.29, 1.82) is 0 Å². The lowest BCUT2D eigenvalue weighted by Gasteiger charge is -2.36. The highest BCUT2D eigenvalue weighted by Gasteiger charge is 2.22. The minimum absolute atomic E-state index is 0.675. The van der Waals surface area contributed by atoms with Crippen LogP contribution in [0.1, 0.15) is 44.6 Å². The standard InChI is InChI=1S/C16H25ClN2/c1-2-19(15-6-4-3-5-7-15)16-12-14(17)9-8-13(16)10-11-18/h8-9,12,15H,2-7,10-11,18H2,1H3. The van der Waals surface area contributed by atoms with E-state index in [0.717, 1.165) is 18.0 Å². The highest BCUT2D eigenvalue weighted by Crippen LogP contribution is 2.31. The van der Waals surface area contributed by atoms with Crippen molar-refractivity contribution in [1.82, 2.24) is 0 Å². The Kier molecular flexibility index (Phi) is 5.53. The predicted molar refractivity (Wildman–Crippen MR) is 84.1 cm³/mol. The second kappa shape index (κ2) is 7.16. The molecule has 0 radical (unpaired) electrons. The molecule has 0 spiro atoms.